The Labute approximate surface area is 259 Å². The molecule has 0 bridgehead atoms. The summed E-state index contributed by atoms with van der Waals surface area (Å²) in [5.41, 5.74) is 18.5. The number of amides is 3. The minimum atomic E-state index is -1.34. The Hall–Kier alpha value is -5.22. The fourth-order valence-corrected chi connectivity index (χ4v) is 4.33. The molecule has 16 nitrogen and oxygen atoms in total. The lowest BCUT2D eigenvalue weighted by Crippen LogP contribution is -2.54. The van der Waals surface area contributed by atoms with Gasteiger partial charge < -0.3 is 53.0 Å². The fraction of sp³-hybridized carbons (Fsp3) is 0.379. The summed E-state index contributed by atoms with van der Waals surface area (Å²) in [6.07, 6.45) is -0.541. The Morgan fingerprint density at radius 1 is 0.956 bits per heavy atom. The van der Waals surface area contributed by atoms with Crippen molar-refractivity contribution in [3.8, 4) is 5.75 Å². The van der Waals surface area contributed by atoms with Crippen LogP contribution in [0.5, 0.6) is 5.75 Å². The van der Waals surface area contributed by atoms with Crippen LogP contribution in [-0.2, 0) is 22.4 Å². The average molecular weight is 626 g/mol. The highest BCUT2D eigenvalue weighted by atomic mass is 16.5. The van der Waals surface area contributed by atoms with Gasteiger partial charge in [-0.3, -0.25) is 9.79 Å². The van der Waals surface area contributed by atoms with Crippen LogP contribution in [0.4, 0.5) is 4.79 Å². The molecule has 12 N–H and O–H groups in total. The van der Waals surface area contributed by atoms with E-state index in [0.29, 0.717) is 12.0 Å². The molecule has 0 fully saturated rings. The molecule has 3 aromatic rings. The maximum Gasteiger partial charge on any atom is 0.326 e. The summed E-state index contributed by atoms with van der Waals surface area (Å²) in [4.78, 5) is 46.4. The number of nitrogens with zero attached hydrogens (tertiary/aromatic N) is 3. The van der Waals surface area contributed by atoms with E-state index in [9.17, 15) is 29.7 Å². The van der Waals surface area contributed by atoms with E-state index in [1.165, 1.54) is 31.2 Å². The highest BCUT2D eigenvalue weighted by Gasteiger charge is 2.30. The highest BCUT2D eigenvalue weighted by molar-refractivity contribution is 5.90. The van der Waals surface area contributed by atoms with E-state index in [2.05, 4.69) is 31.1 Å². The van der Waals surface area contributed by atoms with E-state index in [1.54, 1.807) is 0 Å². The van der Waals surface area contributed by atoms with Gasteiger partial charge in [-0.2, -0.15) is 4.98 Å². The quantitative estimate of drug-likeness (QED) is 0.0577. The Morgan fingerprint density at radius 2 is 1.62 bits per heavy atom. The number of carbonyl (C=O) groups is 3. The first kappa shape index (κ1) is 34.3. The van der Waals surface area contributed by atoms with Gasteiger partial charge in [0.1, 0.15) is 23.9 Å². The lowest BCUT2D eigenvalue weighted by Gasteiger charge is -2.23. The van der Waals surface area contributed by atoms with Crippen LogP contribution in [0.25, 0.3) is 0 Å². The second-order valence-corrected chi connectivity index (χ2v) is 10.4. The Balaban J connectivity index is 1.70. The summed E-state index contributed by atoms with van der Waals surface area (Å²) >= 11 is 0. The molecule has 3 rings (SSSR count). The number of phenols is 1. The van der Waals surface area contributed by atoms with Crippen LogP contribution in [0.3, 0.4) is 0 Å². The topological polar surface area (TPSA) is 277 Å². The van der Waals surface area contributed by atoms with Crippen LogP contribution in [0.15, 0.2) is 64.1 Å². The Kier molecular flexibility index (Phi) is 12.6. The molecular formula is C29H39N9O7. The number of aromatic hydroxyl groups is 1. The molecule has 0 spiro atoms. The predicted octanol–water partition coefficient (Wildman–Crippen LogP) is -0.0269. The van der Waals surface area contributed by atoms with Crippen molar-refractivity contribution in [2.75, 3.05) is 6.54 Å². The van der Waals surface area contributed by atoms with Crippen LogP contribution in [0.2, 0.25) is 0 Å². The number of hydrogen-bond donors (Lipinski definition) is 9. The number of phenolic OH excluding ortho intramolecular Hbond substituents is 1. The maximum absolute atomic E-state index is 13.2. The number of hydrogen-bond acceptors (Lipinski definition) is 10. The van der Waals surface area contributed by atoms with Crippen molar-refractivity contribution in [3.05, 3.63) is 77.4 Å². The van der Waals surface area contributed by atoms with Gasteiger partial charge in [-0.25, -0.2) is 9.59 Å². The van der Waals surface area contributed by atoms with Crippen LogP contribution in [-0.4, -0.2) is 74.1 Å². The highest BCUT2D eigenvalue weighted by Crippen LogP contribution is 2.19. The van der Waals surface area contributed by atoms with Crippen LogP contribution in [0.1, 0.15) is 54.7 Å². The molecule has 0 saturated carbocycles. The molecule has 0 aliphatic heterocycles. The zero-order valence-corrected chi connectivity index (χ0v) is 24.7. The zero-order chi connectivity index (χ0) is 32.9. The Bertz CT molecular complexity index is 1430. The second kappa shape index (κ2) is 16.6. The molecule has 1 heterocycles. The molecule has 1 unspecified atom stereocenters. The van der Waals surface area contributed by atoms with Crippen LogP contribution < -0.4 is 33.2 Å². The standard InChI is InChI=1S/C29H39N9O7/c1-16(39)23(26-37-24(38-45-26)20(30)14-17-6-3-2-4-7-17)36-29(44)35-21(8-5-13-33-28(31)32)25(41)34-22(27(42)43)15-18-9-11-19(40)12-10-18/h2-4,6-7,9-12,16,20-23,39-40H,5,8,13-15,30H2,1H3,(H,34,41)(H,42,43)(H4,31,32,33)(H2,35,36,44)/t16-,20+,21+,22?,23+/m1/s1. The van der Waals surface area contributed by atoms with Gasteiger partial charge in [0.2, 0.25) is 5.91 Å². The molecule has 0 radical (unpaired) electrons. The summed E-state index contributed by atoms with van der Waals surface area (Å²) in [6, 6.07) is 10.1. The zero-order valence-electron chi connectivity index (χ0n) is 24.7. The Morgan fingerprint density at radius 3 is 2.24 bits per heavy atom. The van der Waals surface area contributed by atoms with Crippen molar-refractivity contribution in [3.63, 3.8) is 0 Å². The first-order chi connectivity index (χ1) is 21.4. The van der Waals surface area contributed by atoms with Gasteiger partial charge in [-0.05, 0) is 49.4 Å². The number of nitrogens with two attached hydrogens (primary N) is 3. The molecule has 1 aromatic heterocycles. The minimum Gasteiger partial charge on any atom is -0.508 e. The summed E-state index contributed by atoms with van der Waals surface area (Å²) < 4.78 is 5.30. The monoisotopic (exact) mass is 625 g/mol. The number of rotatable bonds is 16. The molecule has 242 valence electrons. The van der Waals surface area contributed by atoms with Crippen molar-refractivity contribution >= 4 is 23.9 Å². The van der Waals surface area contributed by atoms with Crippen molar-refractivity contribution in [1.29, 1.82) is 0 Å². The minimum absolute atomic E-state index is 0.00740. The smallest absolute Gasteiger partial charge is 0.326 e. The van der Waals surface area contributed by atoms with E-state index >= 15 is 0 Å². The number of aliphatic imine (C=N–C) groups is 1. The van der Waals surface area contributed by atoms with Crippen LogP contribution >= 0.6 is 0 Å². The number of aliphatic hydroxyl groups excluding tert-OH is 1. The first-order valence-electron chi connectivity index (χ1n) is 14.2. The second-order valence-electron chi connectivity index (χ2n) is 10.4. The molecule has 2 aromatic carbocycles. The van der Waals surface area contributed by atoms with Gasteiger partial charge in [0.25, 0.3) is 5.89 Å². The molecule has 0 saturated heterocycles. The molecule has 5 atom stereocenters. The number of carboxylic acids is 1. The van der Waals surface area contributed by atoms with Crippen molar-refractivity contribution < 1.29 is 34.2 Å². The number of carbonyl (C=O) groups excluding carboxylic acids is 2. The third-order valence-electron chi connectivity index (χ3n) is 6.68. The number of benzene rings is 2. The molecule has 3 amide bonds. The number of aromatic nitrogens is 2. The third-order valence-corrected chi connectivity index (χ3v) is 6.68. The van der Waals surface area contributed by atoms with Gasteiger partial charge in [0, 0.05) is 13.0 Å². The lowest BCUT2D eigenvalue weighted by molar-refractivity contribution is -0.142. The van der Waals surface area contributed by atoms with Crippen molar-refractivity contribution in [2.24, 2.45) is 22.2 Å². The van der Waals surface area contributed by atoms with E-state index < -0.39 is 48.2 Å². The molecule has 16 heteroatoms. The van der Waals surface area contributed by atoms with Crippen molar-refractivity contribution in [1.82, 2.24) is 26.1 Å². The number of urea groups is 1. The van der Waals surface area contributed by atoms with E-state index in [-0.39, 0.29) is 49.2 Å². The SMILES string of the molecule is C[C@@H](O)[C@H](NC(=O)N[C@@H](CCCN=C(N)N)C(=O)NC(Cc1ccc(O)cc1)C(=O)O)c1nc([C@@H](N)Cc2ccccc2)no1. The first-order valence-corrected chi connectivity index (χ1v) is 14.2. The number of nitrogens with one attached hydrogen (secondary N) is 3. The molecule has 45 heavy (non-hydrogen) atoms. The summed E-state index contributed by atoms with van der Waals surface area (Å²) in [6.45, 7) is 1.55. The molecule has 0 aliphatic rings. The van der Waals surface area contributed by atoms with E-state index in [1.807, 2.05) is 30.3 Å². The number of aliphatic hydroxyl groups is 1. The van der Waals surface area contributed by atoms with Gasteiger partial charge in [0.15, 0.2) is 11.8 Å². The van der Waals surface area contributed by atoms with Gasteiger partial charge in [-0.15, -0.1) is 0 Å². The van der Waals surface area contributed by atoms with Gasteiger partial charge in [0.05, 0.1) is 12.1 Å². The third kappa shape index (κ3) is 11.1. The number of guanidine groups is 1. The summed E-state index contributed by atoms with van der Waals surface area (Å²) in [5, 5.41) is 41.0. The van der Waals surface area contributed by atoms with Crippen molar-refractivity contribution in [2.45, 2.75) is 62.9 Å². The normalized spacial score (nSPS) is 14.3. The molecular weight excluding hydrogens is 586 g/mol. The maximum atomic E-state index is 13.2. The van der Waals surface area contributed by atoms with Gasteiger partial charge in [-0.1, -0.05) is 47.6 Å². The molecule has 0 aliphatic carbocycles. The van der Waals surface area contributed by atoms with E-state index in [4.69, 9.17) is 21.7 Å². The van der Waals surface area contributed by atoms with Gasteiger partial charge >= 0.3 is 12.0 Å². The average Bonchev–Trinajstić information content (AvgIpc) is 3.48. The fourth-order valence-electron chi connectivity index (χ4n) is 4.33. The predicted molar refractivity (Wildman–Crippen MR) is 163 cm³/mol. The lowest BCUT2D eigenvalue weighted by atomic mass is 10.0. The summed E-state index contributed by atoms with van der Waals surface area (Å²) in [7, 11) is 0. The van der Waals surface area contributed by atoms with Crippen LogP contribution in [0, 0.1) is 0 Å². The largest absolute Gasteiger partial charge is 0.508 e. The number of carboxylic acid groups (broad SMARTS) is 1. The van der Waals surface area contributed by atoms with E-state index in [0.717, 1.165) is 5.56 Å². The number of aliphatic carboxylic acids is 1. The summed E-state index contributed by atoms with van der Waals surface area (Å²) in [5.74, 6) is -2.15.